The van der Waals surface area contributed by atoms with E-state index in [9.17, 15) is 4.79 Å². The summed E-state index contributed by atoms with van der Waals surface area (Å²) in [4.78, 5) is 19.4. The lowest BCUT2D eigenvalue weighted by atomic mass is 9.80. The first-order valence-electron chi connectivity index (χ1n) is 6.60. The number of hydrogen-bond donors (Lipinski definition) is 3. The van der Waals surface area contributed by atoms with Crippen LogP contribution in [0.5, 0.6) is 0 Å². The van der Waals surface area contributed by atoms with Crippen LogP contribution in [0.25, 0.3) is 11.0 Å². The number of nitrogens with one attached hydrogen (secondary N) is 2. The maximum Gasteiger partial charge on any atom is 0.223 e. The zero-order valence-electron chi connectivity index (χ0n) is 10.9. The first-order chi connectivity index (χ1) is 9.11. The molecule has 1 fully saturated rings. The van der Waals surface area contributed by atoms with Crippen LogP contribution in [0.15, 0.2) is 18.2 Å². The van der Waals surface area contributed by atoms with Crippen molar-refractivity contribution in [3.05, 3.63) is 29.6 Å². The van der Waals surface area contributed by atoms with Gasteiger partial charge in [0.05, 0.1) is 11.0 Å². The van der Waals surface area contributed by atoms with Crippen molar-refractivity contribution >= 4 is 16.9 Å². The van der Waals surface area contributed by atoms with E-state index in [1.54, 1.807) is 0 Å². The Balaban J connectivity index is 1.63. The molecular formula is C14H18N4O. The van der Waals surface area contributed by atoms with Gasteiger partial charge in [-0.3, -0.25) is 4.79 Å². The summed E-state index contributed by atoms with van der Waals surface area (Å²) in [6.45, 7) is 2.49. The molecule has 1 heterocycles. The average molecular weight is 258 g/mol. The number of rotatable bonds is 3. The van der Waals surface area contributed by atoms with Crippen LogP contribution in [0.3, 0.4) is 0 Å². The molecule has 1 aliphatic rings. The molecule has 0 saturated heterocycles. The van der Waals surface area contributed by atoms with Crippen LogP contribution in [0.1, 0.15) is 24.2 Å². The number of nitrogens with zero attached hydrogens (tertiary/aromatic N) is 1. The Morgan fingerprint density at radius 1 is 1.53 bits per heavy atom. The molecule has 1 aromatic carbocycles. The topological polar surface area (TPSA) is 83.8 Å². The normalized spacial score (nSPS) is 22.2. The highest BCUT2D eigenvalue weighted by Crippen LogP contribution is 2.25. The Morgan fingerprint density at radius 3 is 3.05 bits per heavy atom. The molecule has 1 amide bonds. The van der Waals surface area contributed by atoms with Gasteiger partial charge in [0, 0.05) is 18.5 Å². The van der Waals surface area contributed by atoms with E-state index in [0.717, 1.165) is 35.3 Å². The zero-order valence-corrected chi connectivity index (χ0v) is 10.9. The predicted molar refractivity (Wildman–Crippen MR) is 73.4 cm³/mol. The van der Waals surface area contributed by atoms with Crippen LogP contribution >= 0.6 is 0 Å². The molecule has 0 aliphatic heterocycles. The summed E-state index contributed by atoms with van der Waals surface area (Å²) < 4.78 is 0. The molecule has 1 aromatic heterocycles. The van der Waals surface area contributed by atoms with Gasteiger partial charge in [-0.25, -0.2) is 4.98 Å². The molecule has 19 heavy (non-hydrogen) atoms. The van der Waals surface area contributed by atoms with Gasteiger partial charge in [-0.05, 0) is 37.5 Å². The Kier molecular flexibility index (Phi) is 2.98. The van der Waals surface area contributed by atoms with Crippen LogP contribution in [0.2, 0.25) is 0 Å². The Morgan fingerprint density at radius 2 is 2.32 bits per heavy atom. The lowest BCUT2D eigenvalue weighted by Crippen LogP contribution is -2.44. The van der Waals surface area contributed by atoms with E-state index in [2.05, 4.69) is 15.3 Å². The Bertz CT molecular complexity index is 613. The van der Waals surface area contributed by atoms with E-state index < -0.39 is 0 Å². The Labute approximate surface area is 111 Å². The number of fused-ring (bicyclic) bond motifs is 1. The highest BCUT2D eigenvalue weighted by Gasteiger charge is 2.31. The average Bonchev–Trinajstić information content (AvgIpc) is 2.71. The molecule has 2 aromatic rings. The molecule has 0 radical (unpaired) electrons. The summed E-state index contributed by atoms with van der Waals surface area (Å²) in [6, 6.07) is 6.21. The molecule has 0 unspecified atom stereocenters. The minimum atomic E-state index is 0.105. The van der Waals surface area contributed by atoms with Gasteiger partial charge >= 0.3 is 0 Å². The maximum absolute atomic E-state index is 11.8. The molecule has 100 valence electrons. The number of aromatic nitrogens is 2. The van der Waals surface area contributed by atoms with E-state index in [1.165, 1.54) is 0 Å². The van der Waals surface area contributed by atoms with Gasteiger partial charge in [0.1, 0.15) is 5.82 Å². The fourth-order valence-corrected chi connectivity index (χ4v) is 2.50. The third kappa shape index (κ3) is 2.46. The molecule has 4 N–H and O–H groups in total. The van der Waals surface area contributed by atoms with Crippen molar-refractivity contribution < 1.29 is 4.79 Å². The molecule has 0 bridgehead atoms. The second-order valence-corrected chi connectivity index (χ2v) is 5.32. The van der Waals surface area contributed by atoms with Gasteiger partial charge in [0.15, 0.2) is 0 Å². The fourth-order valence-electron chi connectivity index (χ4n) is 2.50. The number of benzene rings is 1. The number of imidazole rings is 1. The molecular weight excluding hydrogens is 240 g/mol. The second-order valence-electron chi connectivity index (χ2n) is 5.32. The zero-order chi connectivity index (χ0) is 13.4. The number of carbonyl (C=O) groups excluding carboxylic acids is 1. The van der Waals surface area contributed by atoms with Crippen molar-refractivity contribution in [3.8, 4) is 0 Å². The molecule has 5 nitrogen and oxygen atoms in total. The highest BCUT2D eigenvalue weighted by molar-refractivity contribution is 5.80. The molecule has 0 atom stereocenters. The molecule has 1 saturated carbocycles. The van der Waals surface area contributed by atoms with Crippen LogP contribution < -0.4 is 11.1 Å². The fraction of sp³-hybridized carbons (Fsp3) is 0.429. The van der Waals surface area contributed by atoms with E-state index in [-0.39, 0.29) is 17.9 Å². The van der Waals surface area contributed by atoms with E-state index in [1.807, 2.05) is 25.1 Å². The largest absolute Gasteiger partial charge is 0.352 e. The van der Waals surface area contributed by atoms with Crippen LogP contribution in [-0.4, -0.2) is 21.9 Å². The molecule has 5 heteroatoms. The van der Waals surface area contributed by atoms with Crippen LogP contribution in [-0.2, 0) is 11.3 Å². The summed E-state index contributed by atoms with van der Waals surface area (Å²) in [5, 5.41) is 2.96. The summed E-state index contributed by atoms with van der Waals surface area (Å²) in [6.07, 6.45) is 1.62. The van der Waals surface area contributed by atoms with Gasteiger partial charge in [-0.2, -0.15) is 0 Å². The number of nitrogens with two attached hydrogens (primary N) is 1. The van der Waals surface area contributed by atoms with Crippen molar-refractivity contribution in [1.29, 1.82) is 0 Å². The summed E-state index contributed by atoms with van der Waals surface area (Å²) in [5.41, 5.74) is 8.73. The maximum atomic E-state index is 11.8. The van der Waals surface area contributed by atoms with Gasteiger partial charge in [-0.1, -0.05) is 6.07 Å². The standard InChI is InChI=1S/C14H18N4O/c1-8-17-12-3-2-9(4-13(12)18-8)7-16-14(19)10-5-11(15)6-10/h2-4,10-11H,5-7,15H2,1H3,(H,16,19)(H,17,18). The second kappa shape index (κ2) is 4.66. The van der Waals surface area contributed by atoms with Gasteiger partial charge in [0.25, 0.3) is 0 Å². The van der Waals surface area contributed by atoms with Crippen molar-refractivity contribution in [3.63, 3.8) is 0 Å². The lowest BCUT2D eigenvalue weighted by molar-refractivity contribution is -0.128. The number of carbonyl (C=O) groups is 1. The number of H-pyrrole nitrogens is 1. The molecule has 0 spiro atoms. The van der Waals surface area contributed by atoms with Crippen molar-refractivity contribution in [2.45, 2.75) is 32.4 Å². The number of amides is 1. The minimum Gasteiger partial charge on any atom is -0.352 e. The van der Waals surface area contributed by atoms with Crippen LogP contribution in [0, 0.1) is 12.8 Å². The lowest BCUT2D eigenvalue weighted by Gasteiger charge is -2.31. The molecule has 1 aliphatic carbocycles. The number of aryl methyl sites for hydroxylation is 1. The number of aromatic amines is 1. The third-order valence-electron chi connectivity index (χ3n) is 3.68. The quantitative estimate of drug-likeness (QED) is 0.774. The van der Waals surface area contributed by atoms with Crippen LogP contribution in [0.4, 0.5) is 0 Å². The predicted octanol–water partition coefficient (Wildman–Crippen LogP) is 1.22. The minimum absolute atomic E-state index is 0.105. The summed E-state index contributed by atoms with van der Waals surface area (Å²) in [5.74, 6) is 1.12. The first kappa shape index (κ1) is 12.2. The summed E-state index contributed by atoms with van der Waals surface area (Å²) >= 11 is 0. The van der Waals surface area contributed by atoms with Crippen molar-refractivity contribution in [2.75, 3.05) is 0 Å². The molecule has 3 rings (SSSR count). The van der Waals surface area contributed by atoms with E-state index >= 15 is 0 Å². The first-order valence-corrected chi connectivity index (χ1v) is 6.60. The smallest absolute Gasteiger partial charge is 0.223 e. The SMILES string of the molecule is Cc1nc2ccc(CNC(=O)C3CC(N)C3)cc2[nH]1. The van der Waals surface area contributed by atoms with E-state index in [4.69, 9.17) is 5.73 Å². The highest BCUT2D eigenvalue weighted by atomic mass is 16.1. The number of hydrogen-bond acceptors (Lipinski definition) is 3. The third-order valence-corrected chi connectivity index (χ3v) is 3.68. The van der Waals surface area contributed by atoms with Gasteiger partial charge < -0.3 is 16.0 Å². The van der Waals surface area contributed by atoms with Crippen molar-refractivity contribution in [1.82, 2.24) is 15.3 Å². The van der Waals surface area contributed by atoms with Crippen molar-refractivity contribution in [2.24, 2.45) is 11.7 Å². The summed E-state index contributed by atoms with van der Waals surface area (Å²) in [7, 11) is 0. The monoisotopic (exact) mass is 258 g/mol. The Hall–Kier alpha value is -1.88. The van der Waals surface area contributed by atoms with Gasteiger partial charge in [0.2, 0.25) is 5.91 Å². The van der Waals surface area contributed by atoms with Gasteiger partial charge in [-0.15, -0.1) is 0 Å². The van der Waals surface area contributed by atoms with E-state index in [0.29, 0.717) is 6.54 Å².